The van der Waals surface area contributed by atoms with E-state index < -0.39 is 0 Å². The largest absolute Gasteiger partial charge is 0.379 e. The molecule has 0 fully saturated rings. The van der Waals surface area contributed by atoms with Crippen molar-refractivity contribution in [1.82, 2.24) is 0 Å². The summed E-state index contributed by atoms with van der Waals surface area (Å²) in [6.07, 6.45) is 2.21. The topological polar surface area (TPSA) is 36.9 Å². The van der Waals surface area contributed by atoms with Crippen LogP contribution in [0.5, 0.6) is 0 Å². The molecule has 0 unspecified atom stereocenters. The smallest absolute Gasteiger partial charge is 0.102 e. The standard InChI is InChI=1S/C18H39NO4S/c1-4-10-20-12-14-22-16-17-23-15-13-21-11-9-19(5-2,6-3)8-7-18-24/h4-18H2,1-3H3/p+1. The lowest BCUT2D eigenvalue weighted by molar-refractivity contribution is -0.925. The maximum absolute atomic E-state index is 5.72. The van der Waals surface area contributed by atoms with E-state index in [1.165, 1.54) is 6.54 Å². The van der Waals surface area contributed by atoms with E-state index in [-0.39, 0.29) is 0 Å². The van der Waals surface area contributed by atoms with Gasteiger partial charge in [-0.25, -0.2) is 0 Å². The van der Waals surface area contributed by atoms with Crippen molar-refractivity contribution in [3.8, 4) is 0 Å². The molecule has 0 atom stereocenters. The number of thiol groups is 1. The summed E-state index contributed by atoms with van der Waals surface area (Å²) in [5.74, 6) is 0.960. The molecule has 0 aliphatic carbocycles. The van der Waals surface area contributed by atoms with Crippen LogP contribution in [0.2, 0.25) is 0 Å². The van der Waals surface area contributed by atoms with Crippen LogP contribution < -0.4 is 0 Å². The van der Waals surface area contributed by atoms with Gasteiger partial charge in [-0.3, -0.25) is 0 Å². The van der Waals surface area contributed by atoms with Crippen LogP contribution in [-0.4, -0.2) is 89.3 Å². The van der Waals surface area contributed by atoms with Gasteiger partial charge in [0, 0.05) is 13.0 Å². The van der Waals surface area contributed by atoms with Crippen molar-refractivity contribution in [2.75, 3.05) is 84.8 Å². The Bertz CT molecular complexity index is 253. The van der Waals surface area contributed by atoms with E-state index in [1.54, 1.807) is 0 Å². The number of hydrogen-bond acceptors (Lipinski definition) is 5. The molecule has 0 aromatic rings. The van der Waals surface area contributed by atoms with Gasteiger partial charge in [-0.1, -0.05) is 6.92 Å². The Morgan fingerprint density at radius 1 is 0.625 bits per heavy atom. The molecule has 24 heavy (non-hydrogen) atoms. The minimum Gasteiger partial charge on any atom is -0.379 e. The Balaban J connectivity index is 3.42. The molecule has 0 spiro atoms. The van der Waals surface area contributed by atoms with E-state index in [0.29, 0.717) is 39.6 Å². The van der Waals surface area contributed by atoms with Crippen molar-refractivity contribution in [2.45, 2.75) is 33.6 Å². The molecule has 0 amide bonds. The first-order valence-corrected chi connectivity index (χ1v) is 10.1. The monoisotopic (exact) mass is 366 g/mol. The first-order chi connectivity index (χ1) is 11.7. The van der Waals surface area contributed by atoms with Gasteiger partial charge >= 0.3 is 0 Å². The van der Waals surface area contributed by atoms with Gasteiger partial charge in [0.25, 0.3) is 0 Å². The summed E-state index contributed by atoms with van der Waals surface area (Å²) in [6.45, 7) is 16.6. The molecule has 146 valence electrons. The van der Waals surface area contributed by atoms with Crippen molar-refractivity contribution in [2.24, 2.45) is 0 Å². The number of likely N-dealkylation sites (N-methyl/N-ethyl adjacent to an activating group) is 1. The van der Waals surface area contributed by atoms with Gasteiger partial charge in [0.15, 0.2) is 0 Å². The summed E-state index contributed by atoms with van der Waals surface area (Å²) in [7, 11) is 0. The maximum atomic E-state index is 5.72. The van der Waals surface area contributed by atoms with Crippen LogP contribution >= 0.6 is 12.6 Å². The highest BCUT2D eigenvalue weighted by Gasteiger charge is 2.21. The van der Waals surface area contributed by atoms with E-state index in [9.17, 15) is 0 Å². The molecule has 0 radical (unpaired) electrons. The van der Waals surface area contributed by atoms with Crippen LogP contribution in [0, 0.1) is 0 Å². The van der Waals surface area contributed by atoms with E-state index >= 15 is 0 Å². The summed E-state index contributed by atoms with van der Waals surface area (Å²) < 4.78 is 23.1. The minimum atomic E-state index is 0.614. The second-order valence-corrected chi connectivity index (χ2v) is 6.40. The lowest BCUT2D eigenvalue weighted by atomic mass is 10.3. The van der Waals surface area contributed by atoms with Crippen LogP contribution in [0.4, 0.5) is 0 Å². The Morgan fingerprint density at radius 2 is 1.08 bits per heavy atom. The zero-order valence-electron chi connectivity index (χ0n) is 16.1. The van der Waals surface area contributed by atoms with Crippen LogP contribution in [0.25, 0.3) is 0 Å². The number of rotatable bonds is 19. The summed E-state index contributed by atoms with van der Waals surface area (Å²) >= 11 is 4.33. The summed E-state index contributed by atoms with van der Waals surface area (Å²) in [5.41, 5.74) is 0. The molecule has 0 aliphatic heterocycles. The van der Waals surface area contributed by atoms with Crippen molar-refractivity contribution in [3.63, 3.8) is 0 Å². The highest BCUT2D eigenvalue weighted by atomic mass is 32.1. The summed E-state index contributed by atoms with van der Waals surface area (Å²) in [5, 5.41) is 0. The van der Waals surface area contributed by atoms with Gasteiger partial charge < -0.3 is 23.4 Å². The maximum Gasteiger partial charge on any atom is 0.102 e. The van der Waals surface area contributed by atoms with Gasteiger partial charge in [-0.15, -0.1) is 0 Å². The van der Waals surface area contributed by atoms with E-state index in [2.05, 4.69) is 33.4 Å². The number of hydrogen-bond donors (Lipinski definition) is 1. The molecule has 0 saturated heterocycles. The lowest BCUT2D eigenvalue weighted by Crippen LogP contribution is -2.50. The fourth-order valence-electron chi connectivity index (χ4n) is 2.54. The molecule has 0 rings (SSSR count). The minimum absolute atomic E-state index is 0.614. The normalized spacial score (nSPS) is 12.0. The van der Waals surface area contributed by atoms with Crippen LogP contribution in [0.3, 0.4) is 0 Å². The zero-order chi connectivity index (χ0) is 17.9. The van der Waals surface area contributed by atoms with Crippen molar-refractivity contribution in [3.05, 3.63) is 0 Å². The van der Waals surface area contributed by atoms with Gasteiger partial charge in [-0.2, -0.15) is 12.6 Å². The average molecular weight is 367 g/mol. The predicted molar refractivity (Wildman–Crippen MR) is 103 cm³/mol. The summed E-state index contributed by atoms with van der Waals surface area (Å²) in [6, 6.07) is 0. The average Bonchev–Trinajstić information content (AvgIpc) is 2.62. The molecule has 0 saturated carbocycles. The Hall–Kier alpha value is 0.150. The summed E-state index contributed by atoms with van der Waals surface area (Å²) in [4.78, 5) is 0. The Labute approximate surface area is 155 Å². The molecule has 0 bridgehead atoms. The molecule has 0 aromatic heterocycles. The Kier molecular flexibility index (Phi) is 18.1. The van der Waals surface area contributed by atoms with Gasteiger partial charge in [0.2, 0.25) is 0 Å². The fraction of sp³-hybridized carbons (Fsp3) is 1.00. The highest BCUT2D eigenvalue weighted by Crippen LogP contribution is 2.08. The van der Waals surface area contributed by atoms with Gasteiger partial charge in [0.1, 0.15) is 6.54 Å². The molecule has 0 heterocycles. The predicted octanol–water partition coefficient (Wildman–Crippen LogP) is 2.64. The number of nitrogens with zero attached hydrogens (tertiary/aromatic N) is 1. The molecule has 0 N–H and O–H groups in total. The van der Waals surface area contributed by atoms with E-state index in [0.717, 1.165) is 55.9 Å². The number of quaternary nitrogens is 1. The third kappa shape index (κ3) is 13.4. The zero-order valence-corrected chi connectivity index (χ0v) is 17.0. The Morgan fingerprint density at radius 3 is 1.50 bits per heavy atom. The van der Waals surface area contributed by atoms with Crippen molar-refractivity contribution < 1.29 is 23.4 Å². The third-order valence-electron chi connectivity index (χ3n) is 4.31. The molecular weight excluding hydrogens is 326 g/mol. The quantitative estimate of drug-likeness (QED) is 0.217. The molecule has 0 aliphatic rings. The third-order valence-corrected chi connectivity index (χ3v) is 4.62. The van der Waals surface area contributed by atoms with Crippen LogP contribution in [0.1, 0.15) is 33.6 Å². The highest BCUT2D eigenvalue weighted by molar-refractivity contribution is 7.80. The lowest BCUT2D eigenvalue weighted by Gasteiger charge is -2.36. The molecule has 6 heteroatoms. The molecule has 0 aromatic carbocycles. The van der Waals surface area contributed by atoms with E-state index in [4.69, 9.17) is 18.9 Å². The number of ether oxygens (including phenoxy) is 4. The molecular formula is C18H40NO4S+. The first-order valence-electron chi connectivity index (χ1n) is 9.51. The SMILES string of the molecule is CCCOCCOCCOCCOCC[N+](CC)(CC)CCCS. The second-order valence-electron chi connectivity index (χ2n) is 5.95. The first kappa shape index (κ1) is 24.1. The molecule has 5 nitrogen and oxygen atoms in total. The van der Waals surface area contributed by atoms with Gasteiger partial charge in [0.05, 0.1) is 65.9 Å². The van der Waals surface area contributed by atoms with E-state index in [1.807, 2.05) is 0 Å². The van der Waals surface area contributed by atoms with Crippen LogP contribution in [0.15, 0.2) is 0 Å². The van der Waals surface area contributed by atoms with Crippen molar-refractivity contribution >= 4 is 12.6 Å². The van der Waals surface area contributed by atoms with Crippen molar-refractivity contribution in [1.29, 1.82) is 0 Å². The van der Waals surface area contributed by atoms with Gasteiger partial charge in [-0.05, 0) is 26.0 Å². The van der Waals surface area contributed by atoms with Crippen LogP contribution in [-0.2, 0) is 18.9 Å². The fourth-order valence-corrected chi connectivity index (χ4v) is 2.68. The second kappa shape index (κ2) is 18.0.